The molecule has 0 radical (unpaired) electrons. The molecule has 0 spiro atoms. The van der Waals surface area contributed by atoms with Gasteiger partial charge in [0.25, 0.3) is 0 Å². The normalized spacial score (nSPS) is 12.7. The molecule has 7 heteroatoms. The molecule has 0 saturated carbocycles. The van der Waals surface area contributed by atoms with Gasteiger partial charge in [-0.25, -0.2) is 4.98 Å². The molecular formula is C17H12ClN3O2S. The van der Waals surface area contributed by atoms with E-state index in [1.165, 1.54) is 11.3 Å². The number of fused-ring (bicyclic) bond motifs is 1. The summed E-state index contributed by atoms with van der Waals surface area (Å²) in [5.74, 6) is 1.32. The average Bonchev–Trinajstić information content (AvgIpc) is 3.25. The molecule has 0 fully saturated rings. The zero-order valence-corrected chi connectivity index (χ0v) is 14.0. The summed E-state index contributed by atoms with van der Waals surface area (Å²) in [6.07, 6.45) is 1.63. The van der Waals surface area contributed by atoms with Crippen LogP contribution in [0.5, 0.6) is 11.5 Å². The number of hydrogen-bond donors (Lipinski definition) is 1. The van der Waals surface area contributed by atoms with Gasteiger partial charge in [-0.1, -0.05) is 41.9 Å². The van der Waals surface area contributed by atoms with Crippen molar-refractivity contribution in [1.82, 2.24) is 4.98 Å². The molecule has 0 aliphatic carbocycles. The van der Waals surface area contributed by atoms with Gasteiger partial charge < -0.3 is 9.47 Å². The van der Waals surface area contributed by atoms with Gasteiger partial charge in [0, 0.05) is 22.6 Å². The minimum atomic E-state index is 0.214. The molecule has 0 unspecified atom stereocenters. The maximum atomic E-state index is 6.21. The second-order valence-electron chi connectivity index (χ2n) is 5.00. The van der Waals surface area contributed by atoms with Gasteiger partial charge in [0.15, 0.2) is 11.5 Å². The van der Waals surface area contributed by atoms with E-state index in [0.717, 1.165) is 16.8 Å². The predicted octanol–water partition coefficient (Wildman–Crippen LogP) is 4.64. The molecule has 4 rings (SSSR count). The van der Waals surface area contributed by atoms with Crippen LogP contribution in [-0.4, -0.2) is 18.0 Å². The van der Waals surface area contributed by atoms with Crippen molar-refractivity contribution in [2.24, 2.45) is 5.10 Å². The Balaban J connectivity index is 1.48. The van der Waals surface area contributed by atoms with Crippen molar-refractivity contribution in [3.05, 3.63) is 58.4 Å². The molecule has 1 N–H and O–H groups in total. The molecule has 24 heavy (non-hydrogen) atoms. The van der Waals surface area contributed by atoms with E-state index in [1.807, 2.05) is 35.7 Å². The van der Waals surface area contributed by atoms with Crippen LogP contribution in [0.1, 0.15) is 5.56 Å². The molecule has 2 aromatic carbocycles. The van der Waals surface area contributed by atoms with Crippen molar-refractivity contribution >= 4 is 34.3 Å². The highest BCUT2D eigenvalue weighted by Crippen LogP contribution is 2.36. The van der Waals surface area contributed by atoms with Crippen molar-refractivity contribution in [3.8, 4) is 22.8 Å². The lowest BCUT2D eigenvalue weighted by atomic mass is 10.2. The number of halogens is 1. The van der Waals surface area contributed by atoms with E-state index < -0.39 is 0 Å². The van der Waals surface area contributed by atoms with E-state index >= 15 is 0 Å². The number of hydrogen-bond acceptors (Lipinski definition) is 6. The molecule has 1 aliphatic rings. The number of nitrogens with zero attached hydrogens (tertiary/aromatic N) is 2. The van der Waals surface area contributed by atoms with Crippen molar-refractivity contribution in [3.63, 3.8) is 0 Å². The maximum Gasteiger partial charge on any atom is 0.231 e. The lowest BCUT2D eigenvalue weighted by Crippen LogP contribution is -1.93. The first kappa shape index (κ1) is 15.0. The molecule has 2 heterocycles. The third-order valence-corrected chi connectivity index (χ3v) is 4.50. The van der Waals surface area contributed by atoms with Crippen molar-refractivity contribution in [1.29, 1.82) is 0 Å². The maximum absolute atomic E-state index is 6.21. The summed E-state index contributed by atoms with van der Waals surface area (Å²) in [6, 6.07) is 13.5. The van der Waals surface area contributed by atoms with Gasteiger partial charge in [-0.15, -0.1) is 11.3 Å². The Morgan fingerprint density at radius 2 is 1.96 bits per heavy atom. The zero-order chi connectivity index (χ0) is 16.4. The number of hydrazone groups is 1. The van der Waals surface area contributed by atoms with Crippen LogP contribution < -0.4 is 14.9 Å². The molecule has 5 nitrogen and oxygen atoms in total. The predicted molar refractivity (Wildman–Crippen MR) is 96.3 cm³/mol. The van der Waals surface area contributed by atoms with E-state index in [2.05, 4.69) is 15.5 Å². The molecule has 1 aromatic heterocycles. The van der Waals surface area contributed by atoms with Gasteiger partial charge in [-0.2, -0.15) is 5.10 Å². The Bertz CT molecular complexity index is 896. The van der Waals surface area contributed by atoms with Gasteiger partial charge in [0.05, 0.1) is 16.9 Å². The molecule has 3 aromatic rings. The lowest BCUT2D eigenvalue weighted by molar-refractivity contribution is 0.174. The third-order valence-electron chi connectivity index (χ3n) is 3.43. The summed E-state index contributed by atoms with van der Waals surface area (Å²) in [6.45, 7) is 0.214. The highest BCUT2D eigenvalue weighted by atomic mass is 35.5. The molecule has 0 bridgehead atoms. The standard InChI is InChI=1S/C17H12ClN3O2S/c18-13-7-16-15(22-10-23-16)6-12(13)8-19-21-17-20-14(9-24-17)11-4-2-1-3-5-11/h1-9H,10H2,(H,20,21). The summed E-state index contributed by atoms with van der Waals surface area (Å²) in [4.78, 5) is 4.51. The first-order chi connectivity index (χ1) is 11.8. The fraction of sp³-hybridized carbons (Fsp3) is 0.0588. The molecular weight excluding hydrogens is 346 g/mol. The van der Waals surface area contributed by atoms with Crippen LogP contribution in [0.2, 0.25) is 5.02 Å². The number of thiazole rings is 1. The van der Waals surface area contributed by atoms with E-state index in [9.17, 15) is 0 Å². The topological polar surface area (TPSA) is 55.7 Å². The Morgan fingerprint density at radius 3 is 2.79 bits per heavy atom. The minimum absolute atomic E-state index is 0.214. The second-order valence-corrected chi connectivity index (χ2v) is 6.27. The van der Waals surface area contributed by atoms with Crippen molar-refractivity contribution in [2.75, 3.05) is 12.2 Å². The average molecular weight is 358 g/mol. The SMILES string of the molecule is Clc1cc2c(cc1C=NNc1nc(-c3ccccc3)cs1)OCO2. The van der Waals surface area contributed by atoms with Crippen LogP contribution in [0.4, 0.5) is 5.13 Å². The summed E-state index contributed by atoms with van der Waals surface area (Å²) in [7, 11) is 0. The van der Waals surface area contributed by atoms with E-state index in [1.54, 1.807) is 18.3 Å². The van der Waals surface area contributed by atoms with Gasteiger partial charge in [-0.3, -0.25) is 5.43 Å². The van der Waals surface area contributed by atoms with Crippen LogP contribution in [0.3, 0.4) is 0 Å². The fourth-order valence-corrected chi connectivity index (χ4v) is 3.13. The van der Waals surface area contributed by atoms with Crippen LogP contribution in [0, 0.1) is 0 Å². The van der Waals surface area contributed by atoms with E-state index in [-0.39, 0.29) is 6.79 Å². The first-order valence-corrected chi connectivity index (χ1v) is 8.44. The Morgan fingerprint density at radius 1 is 1.17 bits per heavy atom. The monoisotopic (exact) mass is 357 g/mol. The number of aromatic nitrogens is 1. The van der Waals surface area contributed by atoms with Crippen LogP contribution in [-0.2, 0) is 0 Å². The largest absolute Gasteiger partial charge is 0.454 e. The highest BCUT2D eigenvalue weighted by molar-refractivity contribution is 7.14. The van der Waals surface area contributed by atoms with Crippen LogP contribution in [0.25, 0.3) is 11.3 Å². The van der Waals surface area contributed by atoms with E-state index in [0.29, 0.717) is 21.7 Å². The summed E-state index contributed by atoms with van der Waals surface area (Å²) >= 11 is 7.70. The van der Waals surface area contributed by atoms with Crippen LogP contribution >= 0.6 is 22.9 Å². The van der Waals surface area contributed by atoms with Crippen molar-refractivity contribution in [2.45, 2.75) is 0 Å². The molecule has 0 atom stereocenters. The summed E-state index contributed by atoms with van der Waals surface area (Å²) in [5, 5.41) is 7.44. The van der Waals surface area contributed by atoms with Gasteiger partial charge in [-0.05, 0) is 6.07 Å². The Labute approximate surface area is 147 Å². The van der Waals surface area contributed by atoms with Crippen LogP contribution in [0.15, 0.2) is 52.9 Å². The number of benzene rings is 2. The molecule has 120 valence electrons. The number of nitrogens with one attached hydrogen (secondary N) is 1. The van der Waals surface area contributed by atoms with Gasteiger partial charge in [0.2, 0.25) is 11.9 Å². The zero-order valence-electron chi connectivity index (χ0n) is 12.4. The Hall–Kier alpha value is -2.57. The number of anilines is 1. The second kappa shape index (κ2) is 6.51. The minimum Gasteiger partial charge on any atom is -0.454 e. The number of rotatable bonds is 4. The summed E-state index contributed by atoms with van der Waals surface area (Å²) < 4.78 is 10.6. The summed E-state index contributed by atoms with van der Waals surface area (Å²) in [5.41, 5.74) is 5.66. The van der Waals surface area contributed by atoms with Gasteiger partial charge >= 0.3 is 0 Å². The molecule has 0 amide bonds. The molecule has 1 aliphatic heterocycles. The Kier molecular flexibility index (Phi) is 4.06. The lowest BCUT2D eigenvalue weighted by Gasteiger charge is -2.01. The van der Waals surface area contributed by atoms with Crippen molar-refractivity contribution < 1.29 is 9.47 Å². The third kappa shape index (κ3) is 3.06. The first-order valence-electron chi connectivity index (χ1n) is 7.19. The fourth-order valence-electron chi connectivity index (χ4n) is 2.26. The quantitative estimate of drug-likeness (QED) is 0.546. The van der Waals surface area contributed by atoms with Gasteiger partial charge in [0.1, 0.15) is 0 Å². The van der Waals surface area contributed by atoms with E-state index in [4.69, 9.17) is 21.1 Å². The number of ether oxygens (including phenoxy) is 2. The molecule has 0 saturated heterocycles. The highest BCUT2D eigenvalue weighted by Gasteiger charge is 2.15. The smallest absolute Gasteiger partial charge is 0.231 e.